The lowest BCUT2D eigenvalue weighted by Crippen LogP contribution is -2.36. The van der Waals surface area contributed by atoms with Crippen LogP contribution in [0.25, 0.3) is 0 Å². The summed E-state index contributed by atoms with van der Waals surface area (Å²) in [6.07, 6.45) is 2.67. The van der Waals surface area contributed by atoms with Gasteiger partial charge in [0.05, 0.1) is 0 Å². The van der Waals surface area contributed by atoms with Crippen molar-refractivity contribution in [1.82, 2.24) is 5.32 Å². The van der Waals surface area contributed by atoms with Crippen LogP contribution in [0, 0.1) is 6.92 Å². The number of rotatable bonds is 6. The van der Waals surface area contributed by atoms with Gasteiger partial charge in [-0.05, 0) is 18.9 Å². The number of hydrogen-bond acceptors (Lipinski definition) is 1. The first-order valence-corrected chi connectivity index (χ1v) is 6.79. The van der Waals surface area contributed by atoms with E-state index in [9.17, 15) is 4.79 Å². The number of benzene rings is 1. The molecule has 2 nitrogen and oxygen atoms in total. The predicted octanol–water partition coefficient (Wildman–Crippen LogP) is 3.58. The number of unbranched alkanes of at least 4 members (excludes halogenated alkanes) is 1. The van der Waals surface area contributed by atoms with Gasteiger partial charge in [0.25, 0.3) is 0 Å². The third-order valence-corrected chi connectivity index (χ3v) is 3.28. The van der Waals surface area contributed by atoms with E-state index in [2.05, 4.69) is 57.3 Å². The molecule has 0 radical (unpaired) electrons. The fourth-order valence-corrected chi connectivity index (χ4v) is 1.91. The molecule has 1 rings (SSSR count). The lowest BCUT2D eigenvalue weighted by molar-refractivity contribution is -0.121. The summed E-state index contributed by atoms with van der Waals surface area (Å²) in [7, 11) is 0. The Morgan fingerprint density at radius 2 is 2.06 bits per heavy atom. The summed E-state index contributed by atoms with van der Waals surface area (Å²) in [5.74, 6) is 0.164. The third-order valence-electron chi connectivity index (χ3n) is 3.28. The largest absolute Gasteiger partial charge is 0.355 e. The summed E-state index contributed by atoms with van der Waals surface area (Å²) >= 11 is 0. The maximum Gasteiger partial charge on any atom is 0.220 e. The maximum absolute atomic E-state index is 11.6. The molecule has 100 valence electrons. The molecule has 1 amide bonds. The van der Waals surface area contributed by atoms with E-state index >= 15 is 0 Å². The fourth-order valence-electron chi connectivity index (χ4n) is 1.91. The van der Waals surface area contributed by atoms with Gasteiger partial charge >= 0.3 is 0 Å². The Balaban J connectivity index is 2.57. The molecule has 0 unspecified atom stereocenters. The van der Waals surface area contributed by atoms with E-state index in [1.165, 1.54) is 11.1 Å². The minimum Gasteiger partial charge on any atom is -0.355 e. The van der Waals surface area contributed by atoms with Crippen LogP contribution in [0.5, 0.6) is 0 Å². The van der Waals surface area contributed by atoms with Crippen LogP contribution in [0.15, 0.2) is 24.3 Å². The lowest BCUT2D eigenvalue weighted by Gasteiger charge is -2.26. The highest BCUT2D eigenvalue weighted by Gasteiger charge is 2.21. The summed E-state index contributed by atoms with van der Waals surface area (Å²) in [6, 6.07) is 8.49. The number of carbonyl (C=O) groups is 1. The standard InChI is InChI=1S/C16H25NO/c1-5-6-10-15(18)17-12-16(3,4)14-9-7-8-13(2)11-14/h7-9,11H,5-6,10,12H2,1-4H3,(H,17,18). The molecule has 0 aliphatic heterocycles. The van der Waals surface area contributed by atoms with Crippen LogP contribution in [0.1, 0.15) is 51.2 Å². The highest BCUT2D eigenvalue weighted by atomic mass is 16.1. The summed E-state index contributed by atoms with van der Waals surface area (Å²) in [5, 5.41) is 3.04. The van der Waals surface area contributed by atoms with E-state index in [1.54, 1.807) is 0 Å². The van der Waals surface area contributed by atoms with Crippen LogP contribution in [-0.2, 0) is 10.2 Å². The summed E-state index contributed by atoms with van der Waals surface area (Å²) in [4.78, 5) is 11.6. The zero-order valence-electron chi connectivity index (χ0n) is 12.0. The van der Waals surface area contributed by atoms with Gasteiger partial charge in [0, 0.05) is 18.4 Å². The van der Waals surface area contributed by atoms with Crippen LogP contribution in [0.3, 0.4) is 0 Å². The van der Waals surface area contributed by atoms with Crippen molar-refractivity contribution in [2.45, 2.75) is 52.4 Å². The van der Waals surface area contributed by atoms with Gasteiger partial charge in [-0.1, -0.05) is 57.0 Å². The molecule has 0 heterocycles. The average Bonchev–Trinajstić information content (AvgIpc) is 2.34. The van der Waals surface area contributed by atoms with Crippen molar-refractivity contribution in [3.05, 3.63) is 35.4 Å². The number of aryl methyl sites for hydroxylation is 1. The fraction of sp³-hybridized carbons (Fsp3) is 0.562. The number of amides is 1. The van der Waals surface area contributed by atoms with Crippen LogP contribution >= 0.6 is 0 Å². The van der Waals surface area contributed by atoms with Crippen molar-refractivity contribution in [3.63, 3.8) is 0 Å². The Hall–Kier alpha value is -1.31. The van der Waals surface area contributed by atoms with Gasteiger partial charge in [-0.2, -0.15) is 0 Å². The molecule has 0 aliphatic rings. The summed E-state index contributed by atoms with van der Waals surface area (Å²) in [6.45, 7) is 9.23. The molecule has 1 N–H and O–H groups in total. The molecule has 0 fully saturated rings. The van der Waals surface area contributed by atoms with Gasteiger partial charge in [0.1, 0.15) is 0 Å². The molecule has 0 aromatic heterocycles. The first-order chi connectivity index (χ1) is 8.45. The minimum absolute atomic E-state index is 0.0199. The van der Waals surface area contributed by atoms with Crippen molar-refractivity contribution >= 4 is 5.91 Å². The van der Waals surface area contributed by atoms with Gasteiger partial charge in [-0.25, -0.2) is 0 Å². The molecule has 1 aromatic carbocycles. The van der Waals surface area contributed by atoms with E-state index < -0.39 is 0 Å². The monoisotopic (exact) mass is 247 g/mol. The number of hydrogen-bond donors (Lipinski definition) is 1. The van der Waals surface area contributed by atoms with Gasteiger partial charge in [0.2, 0.25) is 5.91 Å². The molecule has 0 saturated carbocycles. The van der Waals surface area contributed by atoms with Crippen LogP contribution < -0.4 is 5.32 Å². The average molecular weight is 247 g/mol. The predicted molar refractivity (Wildman–Crippen MR) is 76.7 cm³/mol. The third kappa shape index (κ3) is 4.52. The topological polar surface area (TPSA) is 29.1 Å². The van der Waals surface area contributed by atoms with Gasteiger partial charge in [0.15, 0.2) is 0 Å². The van der Waals surface area contributed by atoms with Crippen molar-refractivity contribution < 1.29 is 4.79 Å². The normalized spacial score (nSPS) is 11.3. The summed E-state index contributed by atoms with van der Waals surface area (Å²) < 4.78 is 0. The number of carbonyl (C=O) groups excluding carboxylic acids is 1. The van der Waals surface area contributed by atoms with Crippen molar-refractivity contribution in [1.29, 1.82) is 0 Å². The lowest BCUT2D eigenvalue weighted by atomic mass is 9.84. The zero-order valence-corrected chi connectivity index (χ0v) is 12.0. The quantitative estimate of drug-likeness (QED) is 0.818. The van der Waals surface area contributed by atoms with Crippen molar-refractivity contribution in [2.75, 3.05) is 6.54 Å². The molecule has 0 saturated heterocycles. The van der Waals surface area contributed by atoms with Crippen LogP contribution in [0.2, 0.25) is 0 Å². The molecule has 18 heavy (non-hydrogen) atoms. The maximum atomic E-state index is 11.6. The van der Waals surface area contributed by atoms with Gasteiger partial charge in [-0.3, -0.25) is 4.79 Å². The Morgan fingerprint density at radius 3 is 2.67 bits per heavy atom. The Morgan fingerprint density at radius 1 is 1.33 bits per heavy atom. The molecule has 0 bridgehead atoms. The molecule has 0 spiro atoms. The van der Waals surface area contributed by atoms with Gasteiger partial charge < -0.3 is 5.32 Å². The van der Waals surface area contributed by atoms with E-state index in [0.717, 1.165) is 12.8 Å². The van der Waals surface area contributed by atoms with Gasteiger partial charge in [-0.15, -0.1) is 0 Å². The van der Waals surface area contributed by atoms with Crippen molar-refractivity contribution in [3.8, 4) is 0 Å². The Bertz CT molecular complexity index is 396. The minimum atomic E-state index is -0.0199. The molecule has 1 aromatic rings. The first kappa shape index (κ1) is 14.7. The van der Waals surface area contributed by atoms with E-state index in [0.29, 0.717) is 13.0 Å². The zero-order chi connectivity index (χ0) is 13.6. The molecular formula is C16H25NO. The highest BCUT2D eigenvalue weighted by Crippen LogP contribution is 2.23. The molecule has 0 atom stereocenters. The second-order valence-electron chi connectivity index (χ2n) is 5.63. The highest BCUT2D eigenvalue weighted by molar-refractivity contribution is 5.75. The van der Waals surface area contributed by atoms with E-state index in [-0.39, 0.29) is 11.3 Å². The summed E-state index contributed by atoms with van der Waals surface area (Å²) in [5.41, 5.74) is 2.52. The van der Waals surface area contributed by atoms with Crippen LogP contribution in [0.4, 0.5) is 0 Å². The molecular weight excluding hydrogens is 222 g/mol. The smallest absolute Gasteiger partial charge is 0.220 e. The van der Waals surface area contributed by atoms with E-state index in [1.807, 2.05) is 0 Å². The molecule has 0 aliphatic carbocycles. The van der Waals surface area contributed by atoms with E-state index in [4.69, 9.17) is 0 Å². The second kappa shape index (κ2) is 6.58. The number of nitrogens with one attached hydrogen (secondary N) is 1. The first-order valence-electron chi connectivity index (χ1n) is 6.79. The molecule has 2 heteroatoms. The Kier molecular flexibility index (Phi) is 5.39. The van der Waals surface area contributed by atoms with Crippen LogP contribution in [-0.4, -0.2) is 12.5 Å². The van der Waals surface area contributed by atoms with Crippen molar-refractivity contribution in [2.24, 2.45) is 0 Å². The SMILES string of the molecule is CCCCC(=O)NCC(C)(C)c1cccc(C)c1. The second-order valence-corrected chi connectivity index (χ2v) is 5.63. The Labute approximate surface area is 111 Å².